The van der Waals surface area contributed by atoms with E-state index < -0.39 is 29.6 Å². The fourth-order valence-corrected chi connectivity index (χ4v) is 4.03. The zero-order valence-electron chi connectivity index (χ0n) is 27.0. The van der Waals surface area contributed by atoms with E-state index in [2.05, 4.69) is 28.2 Å². The number of alkyl carbamates (subject to hydrolysis) is 1. The monoisotopic (exact) mass is 624 g/mol. The third-order valence-corrected chi connectivity index (χ3v) is 6.37. The van der Waals surface area contributed by atoms with Crippen LogP contribution in [0.4, 0.5) is 10.5 Å². The number of benzene rings is 1. The van der Waals surface area contributed by atoms with Crippen LogP contribution in [0.25, 0.3) is 0 Å². The van der Waals surface area contributed by atoms with Crippen LogP contribution in [0.1, 0.15) is 69.7 Å². The summed E-state index contributed by atoms with van der Waals surface area (Å²) in [4.78, 5) is 48.7. The van der Waals surface area contributed by atoms with Gasteiger partial charge in [-0.3, -0.25) is 9.59 Å². The quantitative estimate of drug-likeness (QED) is 0.0994. The van der Waals surface area contributed by atoms with Gasteiger partial charge in [-0.2, -0.15) is 0 Å². The minimum atomic E-state index is -0.938. The summed E-state index contributed by atoms with van der Waals surface area (Å²) < 4.78 is 26.6. The molecule has 3 amide bonds. The van der Waals surface area contributed by atoms with Crippen molar-refractivity contribution in [1.82, 2.24) is 16.0 Å². The van der Waals surface area contributed by atoms with Crippen molar-refractivity contribution in [3.8, 4) is 0 Å². The van der Waals surface area contributed by atoms with E-state index in [9.17, 15) is 19.2 Å². The van der Waals surface area contributed by atoms with E-state index in [0.717, 1.165) is 18.5 Å². The summed E-state index contributed by atoms with van der Waals surface area (Å²) in [5, 5.41) is 11.1. The molecule has 0 aromatic heterocycles. The maximum Gasteiger partial charge on any atom is 0.407 e. The van der Waals surface area contributed by atoms with Gasteiger partial charge in [0.25, 0.3) is 5.91 Å². The topological polar surface area (TPSA) is 163 Å². The van der Waals surface area contributed by atoms with Crippen molar-refractivity contribution in [2.24, 2.45) is 0 Å². The lowest BCUT2D eigenvalue weighted by Crippen LogP contribution is -2.42. The number of carbonyl (C=O) groups is 4. The van der Waals surface area contributed by atoms with Crippen LogP contribution in [0.5, 0.6) is 0 Å². The van der Waals surface area contributed by atoms with Gasteiger partial charge >= 0.3 is 12.1 Å². The molecular weight excluding hydrogens is 572 g/mol. The van der Waals surface area contributed by atoms with Gasteiger partial charge in [-0.25, -0.2) is 9.59 Å². The Balaban J connectivity index is 2.03. The smallest absolute Gasteiger partial charge is 0.407 e. The Bertz CT molecular complexity index is 973. The normalized spacial score (nSPS) is 11.8. The van der Waals surface area contributed by atoms with Gasteiger partial charge in [-0.15, -0.1) is 0 Å². The molecule has 0 heterocycles. The Hall–Kier alpha value is -3.42. The molecule has 0 radical (unpaired) electrons. The van der Waals surface area contributed by atoms with Crippen molar-refractivity contribution < 1.29 is 42.9 Å². The highest BCUT2D eigenvalue weighted by Crippen LogP contribution is 2.16. The number of ether oxygens (including phenoxy) is 5. The number of rotatable bonds is 24. The van der Waals surface area contributed by atoms with Gasteiger partial charge in [0.1, 0.15) is 11.6 Å². The highest BCUT2D eigenvalue weighted by molar-refractivity contribution is 5.97. The Kier molecular flexibility index (Phi) is 20.2. The molecule has 0 aliphatic heterocycles. The molecule has 0 saturated heterocycles. The van der Waals surface area contributed by atoms with E-state index in [1.807, 2.05) is 13.8 Å². The second kappa shape index (κ2) is 23.0. The average Bonchev–Trinajstić information content (AvgIpc) is 3.00. The zero-order valence-corrected chi connectivity index (χ0v) is 27.0. The molecule has 0 bridgehead atoms. The Morgan fingerprint density at radius 2 is 1.41 bits per heavy atom. The standard InChI is InChI=1S/C31H52N4O9/c1-6-15-31(2,3)44-30(39)34-17-8-19-42-21-23-43-22-20-41-18-7-16-33-27(36)14-13-26(29(38)40-5)35-28(37)24-9-11-25(32-4)12-10-24/h9-12,26,32H,6-8,13-23H2,1-5H3,(H,33,36)(H,34,39)(H,35,37). The highest BCUT2D eigenvalue weighted by Gasteiger charge is 2.23. The Labute approximate surface area is 261 Å². The summed E-state index contributed by atoms with van der Waals surface area (Å²) in [5.74, 6) is -1.27. The van der Waals surface area contributed by atoms with Crippen LogP contribution in [0.2, 0.25) is 0 Å². The molecule has 13 nitrogen and oxygen atoms in total. The van der Waals surface area contributed by atoms with Crippen molar-refractivity contribution in [2.45, 2.75) is 70.9 Å². The van der Waals surface area contributed by atoms with Gasteiger partial charge in [0.2, 0.25) is 5.91 Å². The molecule has 0 aliphatic carbocycles. The first-order chi connectivity index (χ1) is 21.1. The fraction of sp³-hybridized carbons (Fsp3) is 0.677. The lowest BCUT2D eigenvalue weighted by molar-refractivity contribution is -0.143. The van der Waals surface area contributed by atoms with Crippen LogP contribution in [-0.4, -0.2) is 102 Å². The van der Waals surface area contributed by atoms with E-state index in [-0.39, 0.29) is 18.7 Å². The van der Waals surface area contributed by atoms with Crippen LogP contribution in [0.15, 0.2) is 24.3 Å². The first kappa shape index (κ1) is 38.6. The van der Waals surface area contributed by atoms with Gasteiger partial charge in [-0.05, 0) is 63.8 Å². The van der Waals surface area contributed by atoms with E-state index in [1.165, 1.54) is 7.11 Å². The Morgan fingerprint density at radius 1 is 0.841 bits per heavy atom. The van der Waals surface area contributed by atoms with Crippen LogP contribution < -0.4 is 21.3 Å². The van der Waals surface area contributed by atoms with Crippen molar-refractivity contribution >= 4 is 29.6 Å². The van der Waals surface area contributed by atoms with Gasteiger partial charge in [0.15, 0.2) is 0 Å². The number of anilines is 1. The molecule has 0 fully saturated rings. The molecule has 4 N–H and O–H groups in total. The average molecular weight is 625 g/mol. The molecule has 0 saturated carbocycles. The van der Waals surface area contributed by atoms with E-state index in [4.69, 9.17) is 23.7 Å². The Morgan fingerprint density at radius 3 is 1.95 bits per heavy atom. The van der Waals surface area contributed by atoms with E-state index in [0.29, 0.717) is 71.1 Å². The number of methoxy groups -OCH3 is 1. The minimum Gasteiger partial charge on any atom is -0.467 e. The number of hydrogen-bond donors (Lipinski definition) is 4. The predicted molar refractivity (Wildman–Crippen MR) is 167 cm³/mol. The van der Waals surface area contributed by atoms with Crippen molar-refractivity contribution in [1.29, 1.82) is 0 Å². The van der Waals surface area contributed by atoms with Crippen LogP contribution >= 0.6 is 0 Å². The number of carbonyl (C=O) groups excluding carboxylic acids is 4. The maximum absolute atomic E-state index is 12.5. The lowest BCUT2D eigenvalue weighted by Gasteiger charge is -2.24. The summed E-state index contributed by atoms with van der Waals surface area (Å²) in [6.45, 7) is 9.45. The molecule has 13 heteroatoms. The van der Waals surface area contributed by atoms with Crippen LogP contribution in [0, 0.1) is 0 Å². The summed E-state index contributed by atoms with van der Waals surface area (Å²) in [7, 11) is 3.01. The fourth-order valence-electron chi connectivity index (χ4n) is 4.03. The number of nitrogens with one attached hydrogen (secondary N) is 4. The van der Waals surface area contributed by atoms with E-state index >= 15 is 0 Å². The van der Waals surface area contributed by atoms with Crippen molar-refractivity contribution in [2.75, 3.05) is 72.2 Å². The maximum atomic E-state index is 12.5. The van der Waals surface area contributed by atoms with Crippen molar-refractivity contribution in [3.05, 3.63) is 29.8 Å². The lowest BCUT2D eigenvalue weighted by atomic mass is 10.0. The SMILES string of the molecule is CCCC(C)(C)OC(=O)NCCCOCCOCCOCCCNC(=O)CCC(NC(=O)c1ccc(NC)cc1)C(=O)OC. The van der Waals surface area contributed by atoms with Gasteiger partial charge in [0.05, 0.1) is 33.5 Å². The van der Waals surface area contributed by atoms with Gasteiger partial charge in [-0.1, -0.05) is 13.3 Å². The molecule has 0 spiro atoms. The second-order valence-corrected chi connectivity index (χ2v) is 10.6. The minimum absolute atomic E-state index is 0.0515. The molecule has 1 unspecified atom stereocenters. The number of esters is 1. The summed E-state index contributed by atoms with van der Waals surface area (Å²) in [6.07, 6.45) is 2.81. The zero-order chi connectivity index (χ0) is 32.6. The molecule has 1 rings (SSSR count). The molecule has 1 atom stereocenters. The summed E-state index contributed by atoms with van der Waals surface area (Å²) in [6, 6.07) is 5.86. The molecule has 1 aromatic rings. The largest absolute Gasteiger partial charge is 0.467 e. The summed E-state index contributed by atoms with van der Waals surface area (Å²) >= 11 is 0. The van der Waals surface area contributed by atoms with E-state index in [1.54, 1.807) is 31.3 Å². The summed E-state index contributed by atoms with van der Waals surface area (Å²) in [5.41, 5.74) is 0.787. The molecule has 0 aliphatic rings. The third kappa shape index (κ3) is 18.3. The predicted octanol–water partition coefficient (Wildman–Crippen LogP) is 3.03. The van der Waals surface area contributed by atoms with Gasteiger partial charge in [0, 0.05) is 51.0 Å². The first-order valence-corrected chi connectivity index (χ1v) is 15.2. The number of hydrogen-bond acceptors (Lipinski definition) is 10. The molecular formula is C31H52N4O9. The molecule has 250 valence electrons. The van der Waals surface area contributed by atoms with Crippen molar-refractivity contribution in [3.63, 3.8) is 0 Å². The number of amides is 3. The second-order valence-electron chi connectivity index (χ2n) is 10.6. The first-order valence-electron chi connectivity index (χ1n) is 15.2. The van der Waals surface area contributed by atoms with Crippen LogP contribution in [0.3, 0.4) is 0 Å². The molecule has 1 aromatic carbocycles. The molecule has 44 heavy (non-hydrogen) atoms. The van der Waals surface area contributed by atoms with Crippen LogP contribution in [-0.2, 0) is 33.3 Å². The third-order valence-electron chi connectivity index (χ3n) is 6.37. The van der Waals surface area contributed by atoms with Gasteiger partial charge < -0.3 is 45.0 Å². The highest BCUT2D eigenvalue weighted by atomic mass is 16.6.